The molecule has 0 atom stereocenters. The minimum atomic E-state index is 0.185. The SMILES string of the molecule is O=C(CN1CCN(C(=O)c2cc3c(s2)CCCC3)CC1)N1CCCC1. The van der Waals surface area contributed by atoms with E-state index in [2.05, 4.69) is 11.0 Å². The molecule has 6 heteroatoms. The largest absolute Gasteiger partial charge is 0.342 e. The molecule has 3 heterocycles. The summed E-state index contributed by atoms with van der Waals surface area (Å²) in [5, 5.41) is 0. The van der Waals surface area contributed by atoms with E-state index in [0.29, 0.717) is 6.54 Å². The fraction of sp³-hybridized carbons (Fsp3) is 0.684. The topological polar surface area (TPSA) is 43.9 Å². The van der Waals surface area contributed by atoms with Crippen molar-refractivity contribution in [2.75, 3.05) is 45.8 Å². The third kappa shape index (κ3) is 3.75. The minimum absolute atomic E-state index is 0.185. The molecule has 136 valence electrons. The average Bonchev–Trinajstić information content (AvgIpc) is 3.31. The van der Waals surface area contributed by atoms with Crippen LogP contribution in [0.15, 0.2) is 6.07 Å². The van der Waals surface area contributed by atoms with E-state index in [4.69, 9.17) is 0 Å². The van der Waals surface area contributed by atoms with Crippen molar-refractivity contribution in [1.29, 1.82) is 0 Å². The van der Waals surface area contributed by atoms with Crippen molar-refractivity contribution in [1.82, 2.24) is 14.7 Å². The van der Waals surface area contributed by atoms with E-state index in [1.165, 1.54) is 23.3 Å². The van der Waals surface area contributed by atoms with Gasteiger partial charge in [0, 0.05) is 44.1 Å². The number of aryl methyl sites for hydroxylation is 2. The molecule has 0 aromatic carbocycles. The minimum Gasteiger partial charge on any atom is -0.342 e. The Morgan fingerprint density at radius 3 is 2.32 bits per heavy atom. The van der Waals surface area contributed by atoms with Crippen molar-refractivity contribution in [3.8, 4) is 0 Å². The summed E-state index contributed by atoms with van der Waals surface area (Å²) in [4.78, 5) is 33.5. The van der Waals surface area contributed by atoms with Crippen LogP contribution in [-0.2, 0) is 17.6 Å². The van der Waals surface area contributed by atoms with Crippen LogP contribution in [0.3, 0.4) is 0 Å². The molecule has 0 radical (unpaired) electrons. The fourth-order valence-electron chi connectivity index (χ4n) is 4.12. The van der Waals surface area contributed by atoms with Gasteiger partial charge in [-0.1, -0.05) is 0 Å². The Hall–Kier alpha value is -1.40. The zero-order valence-electron chi connectivity index (χ0n) is 14.8. The number of piperazine rings is 1. The summed E-state index contributed by atoms with van der Waals surface area (Å²) in [7, 11) is 0. The lowest BCUT2D eigenvalue weighted by Crippen LogP contribution is -2.51. The molecule has 1 aromatic rings. The second kappa shape index (κ2) is 7.46. The molecule has 0 bridgehead atoms. The molecule has 0 saturated carbocycles. The molecule has 1 aromatic heterocycles. The molecule has 5 nitrogen and oxygen atoms in total. The average molecular weight is 362 g/mol. The third-order valence-corrected chi connectivity index (χ3v) is 6.91. The first-order valence-electron chi connectivity index (χ1n) is 9.62. The highest BCUT2D eigenvalue weighted by atomic mass is 32.1. The monoisotopic (exact) mass is 361 g/mol. The maximum absolute atomic E-state index is 12.8. The molecule has 0 N–H and O–H groups in total. The quantitative estimate of drug-likeness (QED) is 0.827. The van der Waals surface area contributed by atoms with Crippen molar-refractivity contribution in [3.63, 3.8) is 0 Å². The smallest absolute Gasteiger partial charge is 0.264 e. The number of amides is 2. The van der Waals surface area contributed by atoms with Crippen LogP contribution in [0.5, 0.6) is 0 Å². The van der Waals surface area contributed by atoms with Gasteiger partial charge in [0.1, 0.15) is 0 Å². The summed E-state index contributed by atoms with van der Waals surface area (Å²) < 4.78 is 0. The van der Waals surface area contributed by atoms with Crippen LogP contribution >= 0.6 is 11.3 Å². The predicted molar refractivity (Wildman–Crippen MR) is 99.1 cm³/mol. The van der Waals surface area contributed by atoms with Crippen LogP contribution < -0.4 is 0 Å². The Balaban J connectivity index is 1.30. The van der Waals surface area contributed by atoms with Crippen molar-refractivity contribution in [2.24, 2.45) is 0 Å². The van der Waals surface area contributed by atoms with Gasteiger partial charge in [-0.05, 0) is 50.2 Å². The Morgan fingerprint density at radius 2 is 1.60 bits per heavy atom. The molecule has 2 amide bonds. The number of carbonyl (C=O) groups is 2. The van der Waals surface area contributed by atoms with E-state index < -0.39 is 0 Å². The number of nitrogens with zero attached hydrogens (tertiary/aromatic N) is 3. The Labute approximate surface area is 153 Å². The van der Waals surface area contributed by atoms with Gasteiger partial charge < -0.3 is 9.80 Å². The number of fused-ring (bicyclic) bond motifs is 1. The Morgan fingerprint density at radius 1 is 0.880 bits per heavy atom. The fourth-order valence-corrected chi connectivity index (χ4v) is 5.34. The van der Waals surface area contributed by atoms with Gasteiger partial charge in [0.25, 0.3) is 5.91 Å². The first kappa shape index (κ1) is 17.0. The number of thiophene rings is 1. The van der Waals surface area contributed by atoms with Crippen LogP contribution in [0.1, 0.15) is 45.8 Å². The van der Waals surface area contributed by atoms with Crippen molar-refractivity contribution < 1.29 is 9.59 Å². The van der Waals surface area contributed by atoms with Crippen LogP contribution in [0.2, 0.25) is 0 Å². The van der Waals surface area contributed by atoms with Gasteiger partial charge in [-0.15, -0.1) is 11.3 Å². The molecule has 1 aliphatic carbocycles. The van der Waals surface area contributed by atoms with Gasteiger partial charge in [-0.2, -0.15) is 0 Å². The number of carbonyl (C=O) groups excluding carboxylic acids is 2. The first-order chi connectivity index (χ1) is 12.2. The van der Waals surface area contributed by atoms with Gasteiger partial charge in [-0.3, -0.25) is 14.5 Å². The first-order valence-corrected chi connectivity index (χ1v) is 10.4. The van der Waals surface area contributed by atoms with Crippen LogP contribution in [0.4, 0.5) is 0 Å². The van der Waals surface area contributed by atoms with E-state index in [0.717, 1.165) is 69.8 Å². The molecule has 0 spiro atoms. The lowest BCUT2D eigenvalue weighted by atomic mass is 9.99. The van der Waals surface area contributed by atoms with Gasteiger partial charge >= 0.3 is 0 Å². The Bertz CT molecular complexity index is 620. The zero-order chi connectivity index (χ0) is 17.2. The van der Waals surface area contributed by atoms with E-state index in [1.54, 1.807) is 11.3 Å². The van der Waals surface area contributed by atoms with Crippen molar-refractivity contribution in [2.45, 2.75) is 38.5 Å². The highest BCUT2D eigenvalue weighted by Crippen LogP contribution is 2.30. The van der Waals surface area contributed by atoms with Gasteiger partial charge in [0.15, 0.2) is 0 Å². The van der Waals surface area contributed by atoms with E-state index >= 15 is 0 Å². The molecular weight excluding hydrogens is 334 g/mol. The summed E-state index contributed by atoms with van der Waals surface area (Å²) in [5.74, 6) is 0.438. The number of rotatable bonds is 3. The maximum atomic E-state index is 12.8. The second-order valence-electron chi connectivity index (χ2n) is 7.42. The molecule has 2 fully saturated rings. The molecule has 0 unspecified atom stereocenters. The number of hydrogen-bond acceptors (Lipinski definition) is 4. The van der Waals surface area contributed by atoms with Gasteiger partial charge in [-0.25, -0.2) is 0 Å². The molecule has 2 saturated heterocycles. The van der Waals surface area contributed by atoms with Crippen LogP contribution in [0, 0.1) is 0 Å². The maximum Gasteiger partial charge on any atom is 0.264 e. The van der Waals surface area contributed by atoms with E-state index in [9.17, 15) is 9.59 Å². The summed E-state index contributed by atoms with van der Waals surface area (Å²) in [5.41, 5.74) is 1.40. The van der Waals surface area contributed by atoms with Crippen molar-refractivity contribution in [3.05, 3.63) is 21.4 Å². The molecule has 25 heavy (non-hydrogen) atoms. The Kier molecular flexibility index (Phi) is 5.08. The number of hydrogen-bond donors (Lipinski definition) is 0. The predicted octanol–water partition coefficient (Wildman–Crippen LogP) is 2.01. The normalized spacial score (nSPS) is 21.4. The molecule has 4 rings (SSSR count). The van der Waals surface area contributed by atoms with Crippen molar-refractivity contribution >= 4 is 23.2 Å². The molecule has 2 aliphatic heterocycles. The van der Waals surface area contributed by atoms with E-state index in [1.807, 2.05) is 9.80 Å². The summed E-state index contributed by atoms with van der Waals surface area (Å²) >= 11 is 1.70. The van der Waals surface area contributed by atoms with Crippen LogP contribution in [-0.4, -0.2) is 72.3 Å². The van der Waals surface area contributed by atoms with Gasteiger partial charge in [0.05, 0.1) is 11.4 Å². The summed E-state index contributed by atoms with van der Waals surface area (Å²) in [6, 6.07) is 2.13. The standard InChI is InChI=1S/C19H27N3O2S/c23-18(21-7-3-4-8-21)14-20-9-11-22(12-10-20)19(24)17-13-15-5-1-2-6-16(15)25-17/h13H,1-12,14H2. The lowest BCUT2D eigenvalue weighted by Gasteiger charge is -2.34. The molecular formula is C19H27N3O2S. The van der Waals surface area contributed by atoms with Gasteiger partial charge in [0.2, 0.25) is 5.91 Å². The highest BCUT2D eigenvalue weighted by Gasteiger charge is 2.27. The molecule has 3 aliphatic rings. The third-order valence-electron chi connectivity index (χ3n) is 5.68. The van der Waals surface area contributed by atoms with Crippen LogP contribution in [0.25, 0.3) is 0 Å². The lowest BCUT2D eigenvalue weighted by molar-refractivity contribution is -0.131. The second-order valence-corrected chi connectivity index (χ2v) is 8.56. The number of likely N-dealkylation sites (tertiary alicyclic amines) is 1. The zero-order valence-corrected chi connectivity index (χ0v) is 15.7. The van der Waals surface area contributed by atoms with E-state index in [-0.39, 0.29) is 11.8 Å². The summed E-state index contributed by atoms with van der Waals surface area (Å²) in [6.07, 6.45) is 7.05. The summed E-state index contributed by atoms with van der Waals surface area (Å²) in [6.45, 7) is 5.41. The highest BCUT2D eigenvalue weighted by molar-refractivity contribution is 7.14.